The summed E-state index contributed by atoms with van der Waals surface area (Å²) >= 11 is 7.32. The number of fused-ring (bicyclic) bond motifs is 1. The fourth-order valence-electron chi connectivity index (χ4n) is 3.31. The maximum atomic E-state index is 13.3. The normalized spacial score (nSPS) is 11.8. The smallest absolute Gasteiger partial charge is 0.266 e. The molecule has 0 fully saturated rings. The molecule has 0 spiro atoms. The van der Waals surface area contributed by atoms with Crippen LogP contribution in [0.25, 0.3) is 22.7 Å². The molecule has 3 aromatic carbocycles. The Kier molecular flexibility index (Phi) is 7.57. The Morgan fingerprint density at radius 2 is 1.76 bits per heavy atom. The second-order valence-electron chi connectivity index (χ2n) is 7.36. The van der Waals surface area contributed by atoms with Gasteiger partial charge in [-0.05, 0) is 42.3 Å². The topological polar surface area (TPSA) is 76.3 Å². The van der Waals surface area contributed by atoms with Crippen molar-refractivity contribution in [2.45, 2.75) is 12.1 Å². The quantitative estimate of drug-likeness (QED) is 0.168. The molecule has 1 N–H and O–H groups in total. The third-order valence-corrected chi connectivity index (χ3v) is 6.06. The number of hydrazone groups is 1. The molecule has 4 rings (SSSR count). The Bertz CT molecular complexity index is 1450. The van der Waals surface area contributed by atoms with E-state index in [-0.39, 0.29) is 17.2 Å². The van der Waals surface area contributed by atoms with Gasteiger partial charge in [0, 0.05) is 0 Å². The summed E-state index contributed by atoms with van der Waals surface area (Å²) in [6.45, 7) is 1.93. The first kappa shape index (κ1) is 23.5. The first-order chi connectivity index (χ1) is 16.5. The zero-order valence-electron chi connectivity index (χ0n) is 18.3. The second kappa shape index (κ2) is 11.0. The highest BCUT2D eigenvalue weighted by Gasteiger charge is 2.15. The van der Waals surface area contributed by atoms with E-state index in [0.717, 1.165) is 16.8 Å². The van der Waals surface area contributed by atoms with Crippen molar-refractivity contribution < 1.29 is 4.79 Å². The van der Waals surface area contributed by atoms with Gasteiger partial charge in [-0.2, -0.15) is 5.10 Å². The van der Waals surface area contributed by atoms with E-state index in [1.54, 1.807) is 22.8 Å². The summed E-state index contributed by atoms with van der Waals surface area (Å²) in [4.78, 5) is 30.4. The molecular formula is C26H21ClN4O2S. The third-order valence-electron chi connectivity index (χ3n) is 4.91. The molecule has 1 heterocycles. The standard InChI is InChI=1S/C26H21ClN4O2S/c1-18-9-5-8-14-23(18)31-25(33)21-12-6-7-13-22(21)29-26(31)34-17-24(32)30-28-16-20(27)15-19-10-3-2-4-11-19/h2-16H,17H2,1H3,(H,30,32). The average Bonchev–Trinajstić information content (AvgIpc) is 2.84. The fraction of sp³-hybridized carbons (Fsp3) is 0.0769. The first-order valence-electron chi connectivity index (χ1n) is 10.5. The molecule has 1 aromatic heterocycles. The van der Waals surface area contributed by atoms with Gasteiger partial charge in [0.15, 0.2) is 5.16 Å². The number of nitrogens with zero attached hydrogens (tertiary/aromatic N) is 3. The first-order valence-corrected chi connectivity index (χ1v) is 11.8. The van der Waals surface area contributed by atoms with Crippen LogP contribution in [0, 0.1) is 6.92 Å². The Morgan fingerprint density at radius 3 is 2.56 bits per heavy atom. The van der Waals surface area contributed by atoms with Crippen molar-refractivity contribution in [1.29, 1.82) is 0 Å². The van der Waals surface area contributed by atoms with Gasteiger partial charge >= 0.3 is 0 Å². The van der Waals surface area contributed by atoms with E-state index in [1.807, 2.05) is 73.7 Å². The van der Waals surface area contributed by atoms with Crippen molar-refractivity contribution in [3.63, 3.8) is 0 Å². The molecule has 0 saturated heterocycles. The largest absolute Gasteiger partial charge is 0.272 e. The van der Waals surface area contributed by atoms with Crippen LogP contribution in [0.1, 0.15) is 11.1 Å². The molecule has 0 atom stereocenters. The van der Waals surface area contributed by atoms with Crippen molar-refractivity contribution in [2.24, 2.45) is 5.10 Å². The highest BCUT2D eigenvalue weighted by molar-refractivity contribution is 7.99. The van der Waals surface area contributed by atoms with Gasteiger partial charge in [-0.3, -0.25) is 14.2 Å². The number of carbonyl (C=O) groups is 1. The van der Waals surface area contributed by atoms with Crippen LogP contribution in [0.2, 0.25) is 0 Å². The monoisotopic (exact) mass is 488 g/mol. The van der Waals surface area contributed by atoms with Crippen molar-refractivity contribution in [1.82, 2.24) is 15.0 Å². The zero-order valence-corrected chi connectivity index (χ0v) is 19.9. The van der Waals surface area contributed by atoms with E-state index in [0.29, 0.717) is 21.1 Å². The van der Waals surface area contributed by atoms with E-state index in [4.69, 9.17) is 11.6 Å². The van der Waals surface area contributed by atoms with Gasteiger partial charge in [0.25, 0.3) is 11.5 Å². The van der Waals surface area contributed by atoms with Gasteiger partial charge in [0.1, 0.15) is 0 Å². The average molecular weight is 489 g/mol. The third kappa shape index (κ3) is 5.62. The molecule has 8 heteroatoms. The number of carbonyl (C=O) groups excluding carboxylic acids is 1. The Hall–Kier alpha value is -3.68. The van der Waals surface area contributed by atoms with Gasteiger partial charge in [-0.25, -0.2) is 10.4 Å². The van der Waals surface area contributed by atoms with E-state index in [9.17, 15) is 9.59 Å². The summed E-state index contributed by atoms with van der Waals surface area (Å²) < 4.78 is 1.55. The van der Waals surface area contributed by atoms with E-state index in [1.165, 1.54) is 18.0 Å². The summed E-state index contributed by atoms with van der Waals surface area (Å²) in [5.74, 6) is -0.322. The molecule has 1 amide bonds. The minimum absolute atomic E-state index is 0.0218. The van der Waals surface area contributed by atoms with Gasteiger partial charge in [0.05, 0.1) is 33.6 Å². The van der Waals surface area contributed by atoms with E-state index in [2.05, 4.69) is 15.5 Å². The molecule has 0 radical (unpaired) electrons. The van der Waals surface area contributed by atoms with Crippen LogP contribution in [-0.4, -0.2) is 27.4 Å². The summed E-state index contributed by atoms with van der Waals surface area (Å²) in [7, 11) is 0. The molecule has 4 aromatic rings. The lowest BCUT2D eigenvalue weighted by molar-refractivity contribution is -0.118. The number of allylic oxidation sites excluding steroid dienone is 1. The lowest BCUT2D eigenvalue weighted by atomic mass is 10.2. The maximum absolute atomic E-state index is 13.3. The van der Waals surface area contributed by atoms with Crippen LogP contribution in [0.5, 0.6) is 0 Å². The van der Waals surface area contributed by atoms with Gasteiger partial charge < -0.3 is 0 Å². The van der Waals surface area contributed by atoms with Crippen LogP contribution < -0.4 is 11.0 Å². The second-order valence-corrected chi connectivity index (χ2v) is 8.74. The van der Waals surface area contributed by atoms with Crippen molar-refractivity contribution in [3.05, 3.63) is 105 Å². The summed E-state index contributed by atoms with van der Waals surface area (Å²) in [6, 6.07) is 24.3. The van der Waals surface area contributed by atoms with Crippen molar-refractivity contribution in [3.8, 4) is 5.69 Å². The van der Waals surface area contributed by atoms with E-state index < -0.39 is 0 Å². The Morgan fingerprint density at radius 1 is 1.06 bits per heavy atom. The number of halogens is 1. The molecule has 0 aliphatic rings. The predicted octanol–water partition coefficient (Wildman–Crippen LogP) is 5.17. The maximum Gasteiger partial charge on any atom is 0.266 e. The molecule has 0 saturated carbocycles. The highest BCUT2D eigenvalue weighted by atomic mass is 35.5. The van der Waals surface area contributed by atoms with Crippen LogP contribution in [0.3, 0.4) is 0 Å². The van der Waals surface area contributed by atoms with E-state index >= 15 is 0 Å². The minimum atomic E-state index is -0.343. The molecule has 0 unspecified atom stereocenters. The lowest BCUT2D eigenvalue weighted by Crippen LogP contribution is -2.24. The molecule has 34 heavy (non-hydrogen) atoms. The number of amides is 1. The lowest BCUT2D eigenvalue weighted by Gasteiger charge is -2.14. The summed E-state index contributed by atoms with van der Waals surface area (Å²) in [5.41, 5.74) is 5.44. The molecule has 0 aliphatic heterocycles. The fourth-order valence-corrected chi connectivity index (χ4v) is 4.28. The molecule has 170 valence electrons. The molecule has 6 nitrogen and oxygen atoms in total. The van der Waals surface area contributed by atoms with Crippen LogP contribution >= 0.6 is 23.4 Å². The molecule has 0 aliphatic carbocycles. The Balaban J connectivity index is 1.52. The van der Waals surface area contributed by atoms with Crippen LogP contribution in [0.15, 0.2) is 98.9 Å². The number of para-hydroxylation sites is 2. The van der Waals surface area contributed by atoms with Gasteiger partial charge in [-0.1, -0.05) is 84.0 Å². The van der Waals surface area contributed by atoms with Crippen molar-refractivity contribution >= 4 is 52.5 Å². The number of benzene rings is 3. The number of hydrogen-bond acceptors (Lipinski definition) is 5. The number of rotatable bonds is 7. The number of nitrogens with one attached hydrogen (secondary N) is 1. The SMILES string of the molecule is Cc1ccccc1-n1c(SCC(=O)NN=CC(Cl)=Cc2ccccc2)nc2ccccc2c1=O. The minimum Gasteiger partial charge on any atom is -0.272 e. The Labute approximate surface area is 206 Å². The van der Waals surface area contributed by atoms with Crippen LogP contribution in [0.4, 0.5) is 0 Å². The zero-order chi connectivity index (χ0) is 23.9. The predicted molar refractivity (Wildman–Crippen MR) is 140 cm³/mol. The van der Waals surface area contributed by atoms with Gasteiger partial charge in [0.2, 0.25) is 0 Å². The molecular weight excluding hydrogens is 468 g/mol. The molecule has 0 bridgehead atoms. The van der Waals surface area contributed by atoms with Crippen LogP contribution in [-0.2, 0) is 4.79 Å². The number of thioether (sulfide) groups is 1. The number of aromatic nitrogens is 2. The number of aryl methyl sites for hydroxylation is 1. The van der Waals surface area contributed by atoms with Gasteiger partial charge in [-0.15, -0.1) is 0 Å². The summed E-state index contributed by atoms with van der Waals surface area (Å²) in [6.07, 6.45) is 3.11. The summed E-state index contributed by atoms with van der Waals surface area (Å²) in [5, 5.41) is 5.24. The van der Waals surface area contributed by atoms with Crippen molar-refractivity contribution in [2.75, 3.05) is 5.75 Å². The highest BCUT2D eigenvalue weighted by Crippen LogP contribution is 2.23. The number of hydrogen-bond donors (Lipinski definition) is 1.